The van der Waals surface area contributed by atoms with Crippen molar-refractivity contribution in [1.29, 1.82) is 0 Å². The highest BCUT2D eigenvalue weighted by Crippen LogP contribution is 2.44. The SMILES string of the molecule is CCC(C)(OC(C)C(C)(C)CC(C)(C)OCCC(C)(C)OCCOC(=O)C(CC(C)(C)C)C(C)C)C(C)(C)CCOC(C)C. The van der Waals surface area contributed by atoms with Crippen LogP contribution >= 0.6 is 0 Å². The van der Waals surface area contributed by atoms with Crippen LogP contribution in [-0.2, 0) is 28.5 Å². The maximum atomic E-state index is 12.7. The number of carbonyl (C=O) groups is 1. The fraction of sp³-hybridized carbons (Fsp3) is 0.974. The molecule has 0 amide bonds. The van der Waals surface area contributed by atoms with Gasteiger partial charge in [0.1, 0.15) is 6.61 Å². The largest absolute Gasteiger partial charge is 0.463 e. The Morgan fingerprint density at radius 3 is 1.70 bits per heavy atom. The van der Waals surface area contributed by atoms with Crippen LogP contribution in [0.25, 0.3) is 0 Å². The van der Waals surface area contributed by atoms with Gasteiger partial charge in [-0.1, -0.05) is 69.2 Å². The van der Waals surface area contributed by atoms with E-state index in [1.807, 2.05) is 0 Å². The summed E-state index contributed by atoms with van der Waals surface area (Å²) in [5.74, 6) is 0.0320. The number of hydrogen-bond acceptors (Lipinski definition) is 6. The van der Waals surface area contributed by atoms with Crippen molar-refractivity contribution >= 4 is 5.97 Å². The molecule has 0 fully saturated rings. The Hall–Kier alpha value is -0.690. The molecule has 0 aliphatic rings. The molecule has 0 aromatic carbocycles. The van der Waals surface area contributed by atoms with E-state index >= 15 is 0 Å². The van der Waals surface area contributed by atoms with Gasteiger partial charge in [0.05, 0.1) is 48.1 Å². The van der Waals surface area contributed by atoms with Crippen LogP contribution in [0.2, 0.25) is 0 Å². The van der Waals surface area contributed by atoms with Gasteiger partial charge in [-0.2, -0.15) is 0 Å². The Morgan fingerprint density at radius 2 is 1.23 bits per heavy atom. The van der Waals surface area contributed by atoms with Crippen molar-refractivity contribution < 1.29 is 28.5 Å². The topological polar surface area (TPSA) is 63.2 Å². The minimum absolute atomic E-state index is 0.0283. The molecule has 0 saturated heterocycles. The Bertz CT molecular complexity index is 820. The Kier molecular flexibility index (Phi) is 17.2. The molecule has 0 N–H and O–H groups in total. The van der Waals surface area contributed by atoms with Gasteiger partial charge >= 0.3 is 5.97 Å². The second-order valence-electron chi connectivity index (χ2n) is 17.8. The number of carbonyl (C=O) groups excluding carboxylic acids is 1. The molecule has 3 atom stereocenters. The van der Waals surface area contributed by atoms with Crippen LogP contribution in [-0.4, -0.2) is 61.4 Å². The lowest BCUT2D eigenvalue weighted by Gasteiger charge is -2.49. The van der Waals surface area contributed by atoms with Gasteiger partial charge in [-0.3, -0.25) is 4.79 Å². The first-order chi connectivity index (χ1) is 19.7. The van der Waals surface area contributed by atoms with E-state index in [4.69, 9.17) is 23.7 Å². The molecular weight excluding hydrogens is 552 g/mol. The molecule has 0 aliphatic heterocycles. The predicted octanol–water partition coefficient (Wildman–Crippen LogP) is 10.0. The van der Waals surface area contributed by atoms with Crippen molar-refractivity contribution in [2.45, 2.75) is 186 Å². The Labute approximate surface area is 274 Å². The van der Waals surface area contributed by atoms with Crippen LogP contribution in [0.1, 0.15) is 157 Å². The molecule has 0 radical (unpaired) electrons. The van der Waals surface area contributed by atoms with Crippen LogP contribution < -0.4 is 0 Å². The molecule has 264 valence electrons. The van der Waals surface area contributed by atoms with Gasteiger partial charge in [0.2, 0.25) is 0 Å². The third-order valence-corrected chi connectivity index (χ3v) is 9.66. The summed E-state index contributed by atoms with van der Waals surface area (Å²) >= 11 is 0. The summed E-state index contributed by atoms with van der Waals surface area (Å²) in [6.07, 6.45) is 4.59. The highest BCUT2D eigenvalue weighted by Gasteiger charge is 2.45. The van der Waals surface area contributed by atoms with Crippen LogP contribution in [0.5, 0.6) is 0 Å². The van der Waals surface area contributed by atoms with Gasteiger partial charge < -0.3 is 23.7 Å². The van der Waals surface area contributed by atoms with Gasteiger partial charge in [0.25, 0.3) is 0 Å². The van der Waals surface area contributed by atoms with E-state index in [-0.39, 0.29) is 69.7 Å². The average molecular weight is 629 g/mol. The highest BCUT2D eigenvalue weighted by molar-refractivity contribution is 5.72. The van der Waals surface area contributed by atoms with Gasteiger partial charge in [-0.15, -0.1) is 0 Å². The Morgan fingerprint density at radius 1 is 0.682 bits per heavy atom. The molecule has 0 spiro atoms. The third-order valence-electron chi connectivity index (χ3n) is 9.66. The van der Waals surface area contributed by atoms with Crippen molar-refractivity contribution in [2.24, 2.45) is 28.1 Å². The molecule has 0 heterocycles. The summed E-state index contributed by atoms with van der Waals surface area (Å²) in [5.41, 5.74) is -1.02. The number of rotatable bonds is 22. The predicted molar refractivity (Wildman–Crippen MR) is 185 cm³/mol. The van der Waals surface area contributed by atoms with E-state index in [0.29, 0.717) is 13.2 Å². The third kappa shape index (κ3) is 16.2. The molecule has 6 heteroatoms. The molecule has 6 nitrogen and oxygen atoms in total. The lowest BCUT2D eigenvalue weighted by molar-refractivity contribution is -0.188. The van der Waals surface area contributed by atoms with Crippen molar-refractivity contribution in [3.05, 3.63) is 0 Å². The zero-order chi connectivity index (χ0) is 34.8. The van der Waals surface area contributed by atoms with E-state index in [1.165, 1.54) is 0 Å². The minimum Gasteiger partial charge on any atom is -0.463 e. The van der Waals surface area contributed by atoms with Gasteiger partial charge in [-0.25, -0.2) is 0 Å². The smallest absolute Gasteiger partial charge is 0.309 e. The summed E-state index contributed by atoms with van der Waals surface area (Å²) in [5, 5.41) is 0. The molecule has 44 heavy (non-hydrogen) atoms. The molecule has 0 rings (SSSR count). The zero-order valence-corrected chi connectivity index (χ0v) is 32.6. The number of hydrogen-bond donors (Lipinski definition) is 0. The molecule has 3 unspecified atom stereocenters. The molecule has 0 saturated carbocycles. The Balaban J connectivity index is 4.93. The van der Waals surface area contributed by atoms with Crippen molar-refractivity contribution in [3.63, 3.8) is 0 Å². The second kappa shape index (κ2) is 17.5. The van der Waals surface area contributed by atoms with E-state index in [0.717, 1.165) is 38.7 Å². The lowest BCUT2D eigenvalue weighted by atomic mass is 9.71. The van der Waals surface area contributed by atoms with Crippen molar-refractivity contribution in [3.8, 4) is 0 Å². The molecule has 0 bridgehead atoms. The van der Waals surface area contributed by atoms with Crippen LogP contribution in [0.15, 0.2) is 0 Å². The maximum absolute atomic E-state index is 12.7. The fourth-order valence-electron chi connectivity index (χ4n) is 5.84. The minimum atomic E-state index is -0.384. The van der Waals surface area contributed by atoms with Crippen LogP contribution in [0.3, 0.4) is 0 Å². The monoisotopic (exact) mass is 629 g/mol. The summed E-state index contributed by atoms with van der Waals surface area (Å²) in [6, 6.07) is 0. The molecule has 0 aromatic rings. The number of esters is 1. The van der Waals surface area contributed by atoms with E-state index < -0.39 is 0 Å². The van der Waals surface area contributed by atoms with E-state index in [9.17, 15) is 4.79 Å². The van der Waals surface area contributed by atoms with Crippen LogP contribution in [0, 0.1) is 28.1 Å². The van der Waals surface area contributed by atoms with Gasteiger partial charge in [0, 0.05) is 6.61 Å². The average Bonchev–Trinajstić information content (AvgIpc) is 2.82. The first-order valence-corrected chi connectivity index (χ1v) is 17.4. The fourth-order valence-corrected chi connectivity index (χ4v) is 5.84. The summed E-state index contributed by atoms with van der Waals surface area (Å²) in [7, 11) is 0. The molecular formula is C38H76O6. The normalized spacial score (nSPS) is 16.7. The summed E-state index contributed by atoms with van der Waals surface area (Å²) in [6.45, 7) is 41.1. The summed E-state index contributed by atoms with van der Waals surface area (Å²) in [4.78, 5) is 12.7. The highest BCUT2D eigenvalue weighted by atomic mass is 16.6. The summed E-state index contributed by atoms with van der Waals surface area (Å²) < 4.78 is 31.0. The van der Waals surface area contributed by atoms with Crippen molar-refractivity contribution in [1.82, 2.24) is 0 Å². The van der Waals surface area contributed by atoms with Crippen molar-refractivity contribution in [2.75, 3.05) is 26.4 Å². The van der Waals surface area contributed by atoms with Crippen LogP contribution in [0.4, 0.5) is 0 Å². The quantitative estimate of drug-likeness (QED) is 0.0878. The molecule has 0 aromatic heterocycles. The lowest BCUT2D eigenvalue weighted by Crippen LogP contribution is -2.50. The van der Waals surface area contributed by atoms with Gasteiger partial charge in [-0.05, 0) is 110 Å². The zero-order valence-electron chi connectivity index (χ0n) is 32.6. The second-order valence-corrected chi connectivity index (χ2v) is 17.8. The van der Waals surface area contributed by atoms with E-state index in [1.54, 1.807) is 0 Å². The number of ether oxygens (including phenoxy) is 5. The first kappa shape index (κ1) is 43.3. The maximum Gasteiger partial charge on any atom is 0.309 e. The standard InChI is InChI=1S/C38H76O6/c1-19-38(18,35(12,13)20-22-40-29(4)5)44-30(6)34(10,11)27-37(16,17)42-23-21-36(14,15)43-25-24-41-32(39)31(28(2)3)26-33(7,8)9/h28-31H,19-27H2,1-18H3. The first-order valence-electron chi connectivity index (χ1n) is 17.4. The van der Waals surface area contributed by atoms with Gasteiger partial charge in [0.15, 0.2) is 0 Å². The molecule has 0 aliphatic carbocycles. The van der Waals surface area contributed by atoms with E-state index in [2.05, 4.69) is 125 Å².